The van der Waals surface area contributed by atoms with Crippen LogP contribution < -0.4 is 0 Å². The Labute approximate surface area is 83.8 Å². The van der Waals surface area contributed by atoms with Crippen LogP contribution in [0.2, 0.25) is 0 Å². The number of rotatable bonds is 2. The van der Waals surface area contributed by atoms with E-state index < -0.39 is 21.2 Å². The fraction of sp³-hybridized carbons (Fsp3) is 0.143. The zero-order chi connectivity index (χ0) is 10.9. The van der Waals surface area contributed by atoms with E-state index in [0.717, 1.165) is 6.07 Å². The summed E-state index contributed by atoms with van der Waals surface area (Å²) in [4.78, 5) is -0.165. The molecule has 0 aliphatic heterocycles. The van der Waals surface area contributed by atoms with E-state index >= 15 is 0 Å². The van der Waals surface area contributed by atoms with E-state index in [2.05, 4.69) is 0 Å². The van der Waals surface area contributed by atoms with Crippen molar-refractivity contribution in [3.63, 3.8) is 0 Å². The first-order valence-corrected chi connectivity index (χ1v) is 6.06. The van der Waals surface area contributed by atoms with Gasteiger partial charge in [-0.25, -0.2) is 4.21 Å². The van der Waals surface area contributed by atoms with Gasteiger partial charge < -0.3 is 4.55 Å². The molecule has 0 spiro atoms. The van der Waals surface area contributed by atoms with Crippen LogP contribution in [0.15, 0.2) is 28.0 Å². The monoisotopic (exact) mass is 236 g/mol. The summed E-state index contributed by atoms with van der Waals surface area (Å²) < 4.78 is 49.6. The summed E-state index contributed by atoms with van der Waals surface area (Å²) in [6.07, 6.45) is 0. The first-order valence-electron chi connectivity index (χ1n) is 3.51. The minimum Gasteiger partial charge on any atom is -0.302 e. The van der Waals surface area contributed by atoms with E-state index in [1.807, 2.05) is 0 Å². The normalized spacial score (nSPS) is 13.9. The first-order chi connectivity index (χ1) is 6.32. The summed E-state index contributed by atoms with van der Waals surface area (Å²) >= 11 is -2.15. The Morgan fingerprint density at radius 3 is 2.29 bits per heavy atom. The van der Waals surface area contributed by atoms with Crippen LogP contribution in [-0.4, -0.2) is 21.7 Å². The summed E-state index contributed by atoms with van der Waals surface area (Å²) in [6.45, 7) is 1.43. The summed E-state index contributed by atoms with van der Waals surface area (Å²) in [5, 5.41) is 0. The molecular formula is C7H8O5S2. The van der Waals surface area contributed by atoms with Crippen LogP contribution in [-0.2, 0) is 21.2 Å². The van der Waals surface area contributed by atoms with Crippen molar-refractivity contribution in [2.24, 2.45) is 0 Å². The van der Waals surface area contributed by atoms with Gasteiger partial charge in [-0.1, -0.05) is 0 Å². The van der Waals surface area contributed by atoms with Crippen LogP contribution in [0.25, 0.3) is 0 Å². The second kappa shape index (κ2) is 3.77. The lowest BCUT2D eigenvalue weighted by molar-refractivity contribution is 0.482. The molecule has 0 aliphatic rings. The molecule has 0 fully saturated rings. The molecule has 1 rings (SSSR count). The maximum atomic E-state index is 10.8. The molecule has 1 aromatic carbocycles. The zero-order valence-corrected chi connectivity index (χ0v) is 8.80. The third-order valence-corrected chi connectivity index (χ3v) is 3.30. The van der Waals surface area contributed by atoms with E-state index in [1.165, 1.54) is 19.1 Å². The molecule has 0 bridgehead atoms. The third-order valence-electron chi connectivity index (χ3n) is 1.63. The molecule has 5 nitrogen and oxygen atoms in total. The number of aryl methyl sites for hydroxylation is 1. The van der Waals surface area contributed by atoms with Gasteiger partial charge >= 0.3 is 0 Å². The van der Waals surface area contributed by atoms with Crippen molar-refractivity contribution < 1.29 is 21.7 Å². The van der Waals surface area contributed by atoms with Crippen LogP contribution in [0, 0.1) is 6.92 Å². The molecule has 7 heteroatoms. The van der Waals surface area contributed by atoms with E-state index in [9.17, 15) is 12.6 Å². The second-order valence-corrected chi connectivity index (χ2v) is 5.01. The Morgan fingerprint density at radius 2 is 1.93 bits per heavy atom. The SMILES string of the molecule is Cc1cc(S(=O)O)ccc1S(=O)(=O)O. The Balaban J connectivity index is 3.35. The fourth-order valence-corrected chi connectivity index (χ4v) is 2.19. The largest absolute Gasteiger partial charge is 0.302 e. The number of hydrogen-bond acceptors (Lipinski definition) is 3. The second-order valence-electron chi connectivity index (χ2n) is 2.65. The van der Waals surface area contributed by atoms with E-state index in [0.29, 0.717) is 0 Å². The van der Waals surface area contributed by atoms with E-state index in [-0.39, 0.29) is 15.4 Å². The van der Waals surface area contributed by atoms with Gasteiger partial charge in [0.15, 0.2) is 11.1 Å². The Hall–Kier alpha value is -0.760. The summed E-state index contributed by atoms with van der Waals surface area (Å²) in [5.74, 6) is 0. The van der Waals surface area contributed by atoms with E-state index in [1.54, 1.807) is 0 Å². The minimum atomic E-state index is -4.26. The van der Waals surface area contributed by atoms with Crippen LogP contribution in [0.5, 0.6) is 0 Å². The van der Waals surface area contributed by atoms with Crippen molar-refractivity contribution in [2.75, 3.05) is 0 Å². The highest BCUT2D eigenvalue weighted by Gasteiger charge is 2.13. The smallest absolute Gasteiger partial charge is 0.294 e. The fourth-order valence-electron chi connectivity index (χ4n) is 1.02. The Morgan fingerprint density at radius 1 is 1.36 bits per heavy atom. The molecule has 0 aliphatic carbocycles. The van der Waals surface area contributed by atoms with Crippen molar-refractivity contribution >= 4 is 21.2 Å². The maximum absolute atomic E-state index is 10.8. The third kappa shape index (κ3) is 2.38. The van der Waals surface area contributed by atoms with Gasteiger partial charge in [-0.05, 0) is 30.7 Å². The van der Waals surface area contributed by atoms with Crippen LogP contribution in [0.1, 0.15) is 5.56 Å². The van der Waals surface area contributed by atoms with Gasteiger partial charge in [0.25, 0.3) is 10.1 Å². The molecule has 0 saturated carbocycles. The molecule has 1 atom stereocenters. The summed E-state index contributed by atoms with van der Waals surface area (Å²) in [7, 11) is -4.26. The lowest BCUT2D eigenvalue weighted by atomic mass is 10.2. The Bertz CT molecular complexity index is 477. The van der Waals surface area contributed by atoms with Gasteiger partial charge in [0, 0.05) is 0 Å². The lowest BCUT2D eigenvalue weighted by Gasteiger charge is -2.03. The molecule has 0 radical (unpaired) electrons. The van der Waals surface area contributed by atoms with Crippen molar-refractivity contribution in [2.45, 2.75) is 16.7 Å². The highest BCUT2D eigenvalue weighted by Crippen LogP contribution is 2.17. The molecule has 2 N–H and O–H groups in total. The van der Waals surface area contributed by atoms with Gasteiger partial charge in [0.2, 0.25) is 0 Å². The average Bonchev–Trinajstić information content (AvgIpc) is 2.01. The van der Waals surface area contributed by atoms with Crippen molar-refractivity contribution in [3.05, 3.63) is 23.8 Å². The highest BCUT2D eigenvalue weighted by molar-refractivity contribution is 7.86. The van der Waals surface area contributed by atoms with Gasteiger partial charge in [0.05, 0.1) is 9.79 Å². The number of hydrogen-bond donors (Lipinski definition) is 2. The van der Waals surface area contributed by atoms with Crippen molar-refractivity contribution in [3.8, 4) is 0 Å². The van der Waals surface area contributed by atoms with Crippen molar-refractivity contribution in [1.82, 2.24) is 0 Å². The quantitative estimate of drug-likeness (QED) is 0.586. The molecule has 0 aromatic heterocycles. The van der Waals surface area contributed by atoms with Crippen LogP contribution in [0.4, 0.5) is 0 Å². The predicted octanol–water partition coefficient (Wildman–Crippen LogP) is 0.822. The van der Waals surface area contributed by atoms with Gasteiger partial charge in [-0.3, -0.25) is 4.55 Å². The van der Waals surface area contributed by atoms with Gasteiger partial charge in [-0.2, -0.15) is 8.42 Å². The topological polar surface area (TPSA) is 91.7 Å². The standard InChI is InChI=1S/C7H8O5S2/c1-5-4-6(13(8)9)2-3-7(5)14(10,11)12/h2-4H,1H3,(H,8,9)(H,10,11,12). The van der Waals surface area contributed by atoms with E-state index in [4.69, 9.17) is 9.11 Å². The van der Waals surface area contributed by atoms with Crippen LogP contribution >= 0.6 is 0 Å². The first kappa shape index (κ1) is 11.3. The van der Waals surface area contributed by atoms with Crippen LogP contribution in [0.3, 0.4) is 0 Å². The zero-order valence-electron chi connectivity index (χ0n) is 7.17. The molecule has 78 valence electrons. The Kier molecular flexibility index (Phi) is 3.05. The molecule has 0 saturated heterocycles. The molecular weight excluding hydrogens is 228 g/mol. The molecule has 0 amide bonds. The number of benzene rings is 1. The van der Waals surface area contributed by atoms with Gasteiger partial charge in [0.1, 0.15) is 0 Å². The minimum absolute atomic E-state index is 0.0925. The van der Waals surface area contributed by atoms with Gasteiger partial charge in [-0.15, -0.1) is 0 Å². The molecule has 1 aromatic rings. The molecule has 14 heavy (non-hydrogen) atoms. The highest BCUT2D eigenvalue weighted by atomic mass is 32.2. The lowest BCUT2D eigenvalue weighted by Crippen LogP contribution is -2.01. The molecule has 1 unspecified atom stereocenters. The predicted molar refractivity (Wildman–Crippen MR) is 50.0 cm³/mol. The van der Waals surface area contributed by atoms with Crippen molar-refractivity contribution in [1.29, 1.82) is 0 Å². The molecule has 0 heterocycles. The maximum Gasteiger partial charge on any atom is 0.294 e. The summed E-state index contributed by atoms with van der Waals surface area (Å²) in [5.41, 5.74) is 0.229. The average molecular weight is 236 g/mol. The summed E-state index contributed by atoms with van der Waals surface area (Å²) in [6, 6.07) is 3.50.